The summed E-state index contributed by atoms with van der Waals surface area (Å²) in [5, 5.41) is 4.36. The summed E-state index contributed by atoms with van der Waals surface area (Å²) in [4.78, 5) is 0. The summed E-state index contributed by atoms with van der Waals surface area (Å²) in [5.74, 6) is 0.915. The molecular formula is C24H20ClNO. The third-order valence-corrected chi connectivity index (χ3v) is 5.52. The molecule has 0 fully saturated rings. The number of halogens is 1. The molecule has 2 nitrogen and oxygen atoms in total. The first-order valence-electron chi connectivity index (χ1n) is 9.18. The Bertz CT molecular complexity index is 1070. The van der Waals surface area contributed by atoms with Crippen LogP contribution in [0.4, 0.5) is 5.69 Å². The van der Waals surface area contributed by atoms with Crippen LogP contribution in [0.25, 0.3) is 17.2 Å². The SMILES string of the molecule is CC1(C)C=Cc2c(ccc3c2C(c2ccc(Cl)cc2)Oc2ccccc2-3)N1. The number of benzene rings is 3. The van der Waals surface area contributed by atoms with Gasteiger partial charge in [0.05, 0.1) is 5.54 Å². The van der Waals surface area contributed by atoms with Gasteiger partial charge in [-0.25, -0.2) is 0 Å². The minimum Gasteiger partial charge on any atom is -0.480 e. The van der Waals surface area contributed by atoms with E-state index in [2.05, 4.69) is 55.6 Å². The van der Waals surface area contributed by atoms with Crippen molar-refractivity contribution in [2.24, 2.45) is 0 Å². The number of hydrogen-bond donors (Lipinski definition) is 1. The molecule has 0 aromatic heterocycles. The molecule has 0 saturated carbocycles. The first-order chi connectivity index (χ1) is 13.0. The molecule has 1 unspecified atom stereocenters. The van der Waals surface area contributed by atoms with Gasteiger partial charge < -0.3 is 10.1 Å². The minimum absolute atomic E-state index is 0.0650. The van der Waals surface area contributed by atoms with Crippen molar-refractivity contribution in [1.29, 1.82) is 0 Å². The van der Waals surface area contributed by atoms with Crippen LogP contribution in [0.2, 0.25) is 5.02 Å². The smallest absolute Gasteiger partial charge is 0.150 e. The molecule has 0 aliphatic carbocycles. The van der Waals surface area contributed by atoms with E-state index in [1.54, 1.807) is 0 Å². The van der Waals surface area contributed by atoms with Crippen LogP contribution in [0.3, 0.4) is 0 Å². The van der Waals surface area contributed by atoms with Crippen LogP contribution in [0.1, 0.15) is 36.6 Å². The number of ether oxygens (including phenoxy) is 1. The molecule has 3 heteroatoms. The first-order valence-corrected chi connectivity index (χ1v) is 9.55. The number of anilines is 1. The molecule has 2 aliphatic rings. The molecule has 0 radical (unpaired) electrons. The van der Waals surface area contributed by atoms with Crippen molar-refractivity contribution in [3.63, 3.8) is 0 Å². The Balaban J connectivity index is 1.77. The fourth-order valence-corrected chi connectivity index (χ4v) is 4.10. The first kappa shape index (κ1) is 16.5. The van der Waals surface area contributed by atoms with Gasteiger partial charge in [-0.15, -0.1) is 0 Å². The lowest BCUT2D eigenvalue weighted by molar-refractivity contribution is 0.243. The molecule has 1 atom stereocenters. The van der Waals surface area contributed by atoms with E-state index < -0.39 is 0 Å². The van der Waals surface area contributed by atoms with Crippen LogP contribution >= 0.6 is 11.6 Å². The summed E-state index contributed by atoms with van der Waals surface area (Å²) >= 11 is 6.12. The zero-order valence-electron chi connectivity index (χ0n) is 15.3. The van der Waals surface area contributed by atoms with E-state index in [9.17, 15) is 0 Å². The minimum atomic E-state index is -0.172. The highest BCUT2D eigenvalue weighted by Gasteiger charge is 2.32. The summed E-state index contributed by atoms with van der Waals surface area (Å²) in [6.07, 6.45) is 4.27. The van der Waals surface area contributed by atoms with Crippen LogP contribution in [0.15, 0.2) is 66.7 Å². The van der Waals surface area contributed by atoms with Crippen molar-refractivity contribution in [2.45, 2.75) is 25.5 Å². The van der Waals surface area contributed by atoms with Crippen molar-refractivity contribution in [3.8, 4) is 16.9 Å². The average Bonchev–Trinajstić information content (AvgIpc) is 2.66. The van der Waals surface area contributed by atoms with Gasteiger partial charge in [0, 0.05) is 27.4 Å². The molecule has 1 N–H and O–H groups in total. The Hall–Kier alpha value is -2.71. The van der Waals surface area contributed by atoms with E-state index in [0.29, 0.717) is 0 Å². The van der Waals surface area contributed by atoms with Crippen LogP contribution in [0, 0.1) is 0 Å². The van der Waals surface area contributed by atoms with Gasteiger partial charge in [0.1, 0.15) is 5.75 Å². The van der Waals surface area contributed by atoms with Gasteiger partial charge >= 0.3 is 0 Å². The quantitative estimate of drug-likeness (QED) is 0.512. The van der Waals surface area contributed by atoms with Crippen LogP contribution in [-0.2, 0) is 0 Å². The van der Waals surface area contributed by atoms with Gasteiger partial charge in [0.25, 0.3) is 0 Å². The maximum absolute atomic E-state index is 6.50. The fourth-order valence-electron chi connectivity index (χ4n) is 3.97. The number of rotatable bonds is 1. The van der Waals surface area contributed by atoms with Crippen molar-refractivity contribution in [3.05, 3.63) is 88.5 Å². The molecule has 3 aromatic carbocycles. The molecule has 2 heterocycles. The Kier molecular flexibility index (Phi) is 3.60. The summed E-state index contributed by atoms with van der Waals surface area (Å²) in [7, 11) is 0. The maximum atomic E-state index is 6.50. The van der Waals surface area contributed by atoms with E-state index in [1.165, 1.54) is 16.7 Å². The zero-order valence-corrected chi connectivity index (χ0v) is 16.0. The molecule has 27 heavy (non-hydrogen) atoms. The van der Waals surface area contributed by atoms with Gasteiger partial charge in [-0.1, -0.05) is 60.2 Å². The molecule has 3 aromatic rings. The second-order valence-electron chi connectivity index (χ2n) is 7.71. The number of nitrogens with one attached hydrogen (secondary N) is 1. The Morgan fingerprint density at radius 1 is 0.926 bits per heavy atom. The Morgan fingerprint density at radius 2 is 1.70 bits per heavy atom. The van der Waals surface area contributed by atoms with E-state index in [1.807, 2.05) is 36.4 Å². The van der Waals surface area contributed by atoms with Crippen molar-refractivity contribution >= 4 is 23.4 Å². The van der Waals surface area contributed by atoms with Crippen molar-refractivity contribution < 1.29 is 4.74 Å². The number of hydrogen-bond acceptors (Lipinski definition) is 2. The van der Waals surface area contributed by atoms with Gasteiger partial charge in [-0.05, 0) is 49.2 Å². The molecule has 0 amide bonds. The van der Waals surface area contributed by atoms with Crippen LogP contribution < -0.4 is 10.1 Å². The van der Waals surface area contributed by atoms with E-state index in [4.69, 9.17) is 16.3 Å². The Labute approximate surface area is 164 Å². The van der Waals surface area contributed by atoms with E-state index >= 15 is 0 Å². The topological polar surface area (TPSA) is 21.3 Å². The highest BCUT2D eigenvalue weighted by molar-refractivity contribution is 6.30. The third kappa shape index (κ3) is 2.72. The zero-order chi connectivity index (χ0) is 18.6. The lowest BCUT2D eigenvalue weighted by Gasteiger charge is -2.35. The summed E-state index contributed by atoms with van der Waals surface area (Å²) in [6, 6.07) is 20.6. The lowest BCUT2D eigenvalue weighted by Crippen LogP contribution is -2.31. The fraction of sp³-hybridized carbons (Fsp3) is 0.167. The number of fused-ring (bicyclic) bond motifs is 5. The summed E-state index contributed by atoms with van der Waals surface area (Å²) < 4.78 is 6.50. The third-order valence-electron chi connectivity index (χ3n) is 5.27. The standard InChI is InChI=1S/C24H20ClNO/c1-24(2)14-13-19-20(26-24)12-11-18-17-5-3-4-6-21(17)27-23(22(18)19)15-7-9-16(25)10-8-15/h3-14,23,26H,1-2H3. The molecule has 0 spiro atoms. The van der Waals surface area contributed by atoms with Crippen LogP contribution in [0.5, 0.6) is 5.75 Å². The van der Waals surface area contributed by atoms with E-state index in [-0.39, 0.29) is 11.6 Å². The van der Waals surface area contributed by atoms with Gasteiger partial charge in [-0.2, -0.15) is 0 Å². The molecule has 0 bridgehead atoms. The monoisotopic (exact) mass is 373 g/mol. The molecule has 5 rings (SSSR count). The van der Waals surface area contributed by atoms with Crippen molar-refractivity contribution in [2.75, 3.05) is 5.32 Å². The van der Waals surface area contributed by atoms with Crippen molar-refractivity contribution in [1.82, 2.24) is 0 Å². The van der Waals surface area contributed by atoms with Crippen LogP contribution in [-0.4, -0.2) is 5.54 Å². The number of para-hydroxylation sites is 1. The highest BCUT2D eigenvalue weighted by Crippen LogP contribution is 2.49. The second kappa shape index (κ2) is 5.90. The molecule has 134 valence electrons. The predicted molar refractivity (Wildman–Crippen MR) is 113 cm³/mol. The van der Waals surface area contributed by atoms with E-state index in [0.717, 1.165) is 27.6 Å². The molecule has 0 saturated heterocycles. The van der Waals surface area contributed by atoms with Gasteiger partial charge in [-0.3, -0.25) is 0 Å². The maximum Gasteiger partial charge on any atom is 0.150 e. The van der Waals surface area contributed by atoms with Gasteiger partial charge in [0.2, 0.25) is 0 Å². The predicted octanol–water partition coefficient (Wildman–Crippen LogP) is 6.71. The molecule has 2 aliphatic heterocycles. The molecular weight excluding hydrogens is 354 g/mol. The summed E-state index contributed by atoms with van der Waals surface area (Å²) in [5.41, 5.74) is 6.93. The summed E-state index contributed by atoms with van der Waals surface area (Å²) in [6.45, 7) is 4.35. The largest absolute Gasteiger partial charge is 0.480 e. The second-order valence-corrected chi connectivity index (χ2v) is 8.15. The average molecular weight is 374 g/mol. The normalized spacial score (nSPS) is 18.6. The Morgan fingerprint density at radius 3 is 2.52 bits per heavy atom. The lowest BCUT2D eigenvalue weighted by atomic mass is 9.83. The van der Waals surface area contributed by atoms with Gasteiger partial charge in [0.15, 0.2) is 6.10 Å². The highest BCUT2D eigenvalue weighted by atomic mass is 35.5.